The Labute approximate surface area is 95.8 Å². The summed E-state index contributed by atoms with van der Waals surface area (Å²) in [6.07, 6.45) is 0. The zero-order valence-electron chi connectivity index (χ0n) is 6.84. The fourth-order valence-electron chi connectivity index (χ4n) is 0.972. The quantitative estimate of drug-likeness (QED) is 0.470. The molecule has 1 aromatic rings. The van der Waals surface area contributed by atoms with Crippen molar-refractivity contribution in [2.45, 2.75) is 4.87 Å². The fraction of sp³-hybridized carbons (Fsp3) is 0.111. The smallest absolute Gasteiger partial charge is 0.256 e. The Morgan fingerprint density at radius 2 is 1.43 bits per heavy atom. The van der Waals surface area contributed by atoms with Gasteiger partial charge in [0.05, 0.1) is 0 Å². The number of hydrogen-bond donors (Lipinski definition) is 0. The lowest BCUT2D eigenvalue weighted by Crippen LogP contribution is -2.32. The van der Waals surface area contributed by atoms with Crippen LogP contribution in [0.4, 0.5) is 0 Å². The minimum atomic E-state index is -1.98. The molecule has 5 heteroatoms. The van der Waals surface area contributed by atoms with Crippen molar-refractivity contribution in [2.75, 3.05) is 0 Å². The topological polar surface area (TPSA) is 34.1 Å². The third-order valence-corrected chi connectivity index (χ3v) is 3.04. The molecule has 0 bridgehead atoms. The summed E-state index contributed by atoms with van der Waals surface area (Å²) in [6.45, 7) is 0. The predicted molar refractivity (Wildman–Crippen MR) is 55.7 cm³/mol. The number of carbonyl (C=O) groups is 2. The molecule has 0 radical (unpaired) electrons. The van der Waals surface area contributed by atoms with Crippen molar-refractivity contribution >= 4 is 45.3 Å². The molecule has 0 aliphatic rings. The van der Waals surface area contributed by atoms with Gasteiger partial charge in [0.15, 0.2) is 0 Å². The van der Waals surface area contributed by atoms with Crippen molar-refractivity contribution in [1.29, 1.82) is 0 Å². The number of halogens is 3. The molecule has 1 rings (SSSR count). The number of rotatable bonds is 3. The minimum absolute atomic E-state index is 0.265. The molecule has 0 spiro atoms. The van der Waals surface area contributed by atoms with E-state index in [4.69, 9.17) is 34.8 Å². The van der Waals surface area contributed by atoms with Crippen LogP contribution in [0.2, 0.25) is 0 Å². The van der Waals surface area contributed by atoms with Gasteiger partial charge < -0.3 is 0 Å². The number of alkyl halides is 1. The van der Waals surface area contributed by atoms with Crippen molar-refractivity contribution in [3.05, 3.63) is 35.9 Å². The van der Waals surface area contributed by atoms with Crippen molar-refractivity contribution in [3.8, 4) is 0 Å². The van der Waals surface area contributed by atoms with Crippen LogP contribution in [0, 0.1) is 0 Å². The molecule has 0 fully saturated rings. The summed E-state index contributed by atoms with van der Waals surface area (Å²) in [5, 5.41) is -2.02. The Hall–Kier alpha value is -0.570. The van der Waals surface area contributed by atoms with Crippen LogP contribution in [0.1, 0.15) is 5.56 Å². The molecule has 0 aliphatic heterocycles. The Bertz CT molecular complexity index is 348. The van der Waals surface area contributed by atoms with Crippen LogP contribution in [-0.2, 0) is 14.5 Å². The van der Waals surface area contributed by atoms with Gasteiger partial charge >= 0.3 is 0 Å². The highest BCUT2D eigenvalue weighted by atomic mass is 35.5. The molecule has 0 unspecified atom stereocenters. The normalized spacial score (nSPS) is 11.1. The van der Waals surface area contributed by atoms with E-state index in [0.717, 1.165) is 0 Å². The highest BCUT2D eigenvalue weighted by Gasteiger charge is 2.43. The van der Waals surface area contributed by atoms with E-state index in [9.17, 15) is 9.59 Å². The van der Waals surface area contributed by atoms with Gasteiger partial charge in [-0.1, -0.05) is 41.9 Å². The third-order valence-electron chi connectivity index (χ3n) is 1.71. The molecule has 74 valence electrons. The summed E-state index contributed by atoms with van der Waals surface area (Å²) in [5.41, 5.74) is 0.265. The second-order valence-corrected chi connectivity index (χ2v) is 3.83. The lowest BCUT2D eigenvalue weighted by Gasteiger charge is -2.17. The molecule has 0 aliphatic carbocycles. The second-order valence-electron chi connectivity index (χ2n) is 2.57. The average molecular weight is 251 g/mol. The summed E-state index contributed by atoms with van der Waals surface area (Å²) in [6, 6.07) is 8.00. The van der Waals surface area contributed by atoms with Crippen molar-refractivity contribution in [3.63, 3.8) is 0 Å². The van der Waals surface area contributed by atoms with E-state index in [2.05, 4.69) is 0 Å². The van der Waals surface area contributed by atoms with Gasteiger partial charge in [0, 0.05) is 0 Å². The van der Waals surface area contributed by atoms with Gasteiger partial charge in [0.2, 0.25) is 4.87 Å². The maximum Gasteiger partial charge on any atom is 0.256 e. The van der Waals surface area contributed by atoms with E-state index in [-0.39, 0.29) is 5.56 Å². The highest BCUT2D eigenvalue weighted by molar-refractivity contribution is 6.82. The Morgan fingerprint density at radius 1 is 1.00 bits per heavy atom. The van der Waals surface area contributed by atoms with Crippen LogP contribution in [0.15, 0.2) is 30.3 Å². The average Bonchev–Trinajstić information content (AvgIpc) is 2.17. The van der Waals surface area contributed by atoms with E-state index < -0.39 is 15.4 Å². The first-order valence-electron chi connectivity index (χ1n) is 3.64. The van der Waals surface area contributed by atoms with Crippen LogP contribution < -0.4 is 0 Å². The van der Waals surface area contributed by atoms with E-state index in [1.165, 1.54) is 12.1 Å². The number of carbonyl (C=O) groups excluding carboxylic acids is 2. The lowest BCUT2D eigenvalue weighted by atomic mass is 10.0. The summed E-state index contributed by atoms with van der Waals surface area (Å²) >= 11 is 16.2. The van der Waals surface area contributed by atoms with E-state index in [0.29, 0.717) is 0 Å². The SMILES string of the molecule is O=C(Cl)C(Cl)(C(=O)Cl)c1ccccc1. The third kappa shape index (κ3) is 1.92. The molecule has 1 aromatic carbocycles. The van der Waals surface area contributed by atoms with Crippen LogP contribution in [0.5, 0.6) is 0 Å². The zero-order chi connectivity index (χ0) is 10.8. The van der Waals surface area contributed by atoms with Gasteiger partial charge in [-0.05, 0) is 28.8 Å². The zero-order valence-corrected chi connectivity index (χ0v) is 9.10. The summed E-state index contributed by atoms with van der Waals surface area (Å²) < 4.78 is 0. The summed E-state index contributed by atoms with van der Waals surface area (Å²) in [7, 11) is 0. The van der Waals surface area contributed by atoms with E-state index >= 15 is 0 Å². The predicted octanol–water partition coefficient (Wildman–Crippen LogP) is 2.65. The van der Waals surface area contributed by atoms with E-state index in [1.807, 2.05) is 0 Å². The first kappa shape index (κ1) is 11.5. The summed E-state index contributed by atoms with van der Waals surface area (Å²) in [4.78, 5) is 20.1. The standard InChI is InChI=1S/C9H5Cl3O2/c10-7(13)9(12,8(11)14)6-4-2-1-3-5-6/h1-5H. The molecule has 0 N–H and O–H groups in total. The number of benzene rings is 1. The molecule has 0 heterocycles. The molecule has 0 aromatic heterocycles. The monoisotopic (exact) mass is 250 g/mol. The second kappa shape index (κ2) is 4.30. The van der Waals surface area contributed by atoms with Gasteiger partial charge in [-0.15, -0.1) is 0 Å². The molecule has 14 heavy (non-hydrogen) atoms. The van der Waals surface area contributed by atoms with Gasteiger partial charge in [0.1, 0.15) is 0 Å². The van der Waals surface area contributed by atoms with E-state index in [1.54, 1.807) is 18.2 Å². The van der Waals surface area contributed by atoms with Crippen LogP contribution >= 0.6 is 34.8 Å². The van der Waals surface area contributed by atoms with Crippen molar-refractivity contribution in [1.82, 2.24) is 0 Å². The van der Waals surface area contributed by atoms with Gasteiger partial charge in [-0.3, -0.25) is 9.59 Å². The lowest BCUT2D eigenvalue weighted by molar-refractivity contribution is -0.122. The maximum absolute atomic E-state index is 11.0. The largest absolute Gasteiger partial charge is 0.278 e. The highest BCUT2D eigenvalue weighted by Crippen LogP contribution is 2.34. The summed E-state index contributed by atoms with van der Waals surface area (Å²) in [5.74, 6) is 0. The molecule has 0 amide bonds. The maximum atomic E-state index is 11.0. The van der Waals surface area contributed by atoms with Gasteiger partial charge in [-0.25, -0.2) is 0 Å². The molecular formula is C9H5Cl3O2. The molecule has 0 saturated carbocycles. The van der Waals surface area contributed by atoms with Crippen molar-refractivity contribution < 1.29 is 9.59 Å². The van der Waals surface area contributed by atoms with Gasteiger partial charge in [-0.2, -0.15) is 0 Å². The number of hydrogen-bond acceptors (Lipinski definition) is 2. The van der Waals surface area contributed by atoms with Crippen LogP contribution in [0.25, 0.3) is 0 Å². The van der Waals surface area contributed by atoms with Gasteiger partial charge in [0.25, 0.3) is 10.5 Å². The first-order chi connectivity index (χ1) is 6.49. The molecular weight excluding hydrogens is 246 g/mol. The molecule has 0 saturated heterocycles. The molecule has 0 atom stereocenters. The Balaban J connectivity index is 3.27. The Morgan fingerprint density at radius 3 is 1.79 bits per heavy atom. The fourth-order valence-corrected chi connectivity index (χ4v) is 1.54. The molecule has 2 nitrogen and oxygen atoms in total. The van der Waals surface area contributed by atoms with Crippen LogP contribution in [-0.4, -0.2) is 10.5 Å². The van der Waals surface area contributed by atoms with Crippen LogP contribution in [0.3, 0.4) is 0 Å². The van der Waals surface area contributed by atoms with Crippen molar-refractivity contribution in [2.24, 2.45) is 0 Å². The first-order valence-corrected chi connectivity index (χ1v) is 4.77. The Kier molecular flexibility index (Phi) is 3.53. The minimum Gasteiger partial charge on any atom is -0.278 e.